The van der Waals surface area contributed by atoms with Gasteiger partial charge in [0.2, 0.25) is 0 Å². The highest BCUT2D eigenvalue weighted by atomic mass is 32.2. The number of ether oxygens (including phenoxy) is 1. The van der Waals surface area contributed by atoms with E-state index in [0.717, 1.165) is 12.1 Å². The van der Waals surface area contributed by atoms with Crippen molar-refractivity contribution in [2.75, 3.05) is 17.5 Å². The highest BCUT2D eigenvalue weighted by Crippen LogP contribution is 2.26. The number of hydrogen-bond acceptors (Lipinski definition) is 4. The largest absolute Gasteiger partial charge is 0.494 e. The van der Waals surface area contributed by atoms with Crippen LogP contribution in [-0.2, 0) is 14.8 Å². The third-order valence-electron chi connectivity index (χ3n) is 3.19. The number of anilines is 1. The Bertz CT molecular complexity index is 869. The van der Waals surface area contributed by atoms with Crippen LogP contribution in [0.5, 0.6) is 5.75 Å². The summed E-state index contributed by atoms with van der Waals surface area (Å²) in [5.41, 5.74) is -0.296. The average molecular weight is 371 g/mol. The fraction of sp³-hybridized carbons (Fsp3) is 0.188. The summed E-state index contributed by atoms with van der Waals surface area (Å²) >= 11 is 0. The van der Waals surface area contributed by atoms with Crippen LogP contribution in [0.15, 0.2) is 47.4 Å². The number of rotatable bonds is 7. The average Bonchev–Trinajstić information content (AvgIpc) is 2.56. The van der Waals surface area contributed by atoms with Gasteiger partial charge in [-0.1, -0.05) is 0 Å². The molecule has 0 bridgehead atoms. The van der Waals surface area contributed by atoms with Crippen molar-refractivity contribution in [1.29, 1.82) is 0 Å². The summed E-state index contributed by atoms with van der Waals surface area (Å²) in [5, 5.41) is 9.00. The lowest BCUT2D eigenvalue weighted by molar-refractivity contribution is -0.135. The maximum absolute atomic E-state index is 13.4. The third kappa shape index (κ3) is 4.24. The summed E-state index contributed by atoms with van der Waals surface area (Å²) in [6.07, 6.45) is 0. The van der Waals surface area contributed by atoms with E-state index in [0.29, 0.717) is 22.7 Å². The molecule has 0 fully saturated rings. The molecule has 0 heterocycles. The number of nitrogens with zero attached hydrogens (tertiary/aromatic N) is 1. The second kappa shape index (κ2) is 7.47. The fourth-order valence-corrected chi connectivity index (χ4v) is 3.49. The Morgan fingerprint density at radius 2 is 1.76 bits per heavy atom. The molecule has 2 rings (SSSR count). The Morgan fingerprint density at radius 1 is 1.12 bits per heavy atom. The molecular formula is C16H15F2NO5S. The van der Waals surface area contributed by atoms with Crippen molar-refractivity contribution in [1.82, 2.24) is 0 Å². The summed E-state index contributed by atoms with van der Waals surface area (Å²) in [7, 11) is -4.30. The number of hydrogen-bond donors (Lipinski definition) is 1. The molecule has 0 saturated carbocycles. The molecule has 0 saturated heterocycles. The molecule has 6 nitrogen and oxygen atoms in total. The molecule has 0 radical (unpaired) electrons. The topological polar surface area (TPSA) is 83.9 Å². The highest BCUT2D eigenvalue weighted by Gasteiger charge is 2.27. The van der Waals surface area contributed by atoms with Gasteiger partial charge in [0.05, 0.1) is 17.2 Å². The number of halogens is 2. The van der Waals surface area contributed by atoms with E-state index in [2.05, 4.69) is 0 Å². The van der Waals surface area contributed by atoms with Crippen LogP contribution in [0.3, 0.4) is 0 Å². The Labute approximate surface area is 143 Å². The summed E-state index contributed by atoms with van der Waals surface area (Å²) in [6, 6.07) is 7.68. The first kappa shape index (κ1) is 18.7. The van der Waals surface area contributed by atoms with Gasteiger partial charge in [0.25, 0.3) is 10.0 Å². The van der Waals surface area contributed by atoms with Crippen LogP contribution >= 0.6 is 0 Å². The lowest BCUT2D eigenvalue weighted by atomic mass is 10.3. The maximum Gasteiger partial charge on any atom is 0.324 e. The van der Waals surface area contributed by atoms with E-state index in [4.69, 9.17) is 9.84 Å². The minimum Gasteiger partial charge on any atom is -0.494 e. The Balaban J connectivity index is 2.47. The summed E-state index contributed by atoms with van der Waals surface area (Å²) in [5.74, 6) is -3.45. The van der Waals surface area contributed by atoms with Gasteiger partial charge in [0.15, 0.2) is 11.6 Å². The zero-order valence-corrected chi connectivity index (χ0v) is 14.0. The molecule has 0 aliphatic rings. The van der Waals surface area contributed by atoms with Crippen molar-refractivity contribution in [3.63, 3.8) is 0 Å². The van der Waals surface area contributed by atoms with Crippen LogP contribution < -0.4 is 9.04 Å². The first-order valence-corrected chi connectivity index (χ1v) is 8.62. The smallest absolute Gasteiger partial charge is 0.324 e. The van der Waals surface area contributed by atoms with Crippen LogP contribution in [0.25, 0.3) is 0 Å². The van der Waals surface area contributed by atoms with E-state index in [1.54, 1.807) is 6.92 Å². The number of sulfonamides is 1. The first-order chi connectivity index (χ1) is 11.8. The molecule has 0 unspecified atom stereocenters. The maximum atomic E-state index is 13.4. The van der Waals surface area contributed by atoms with Gasteiger partial charge < -0.3 is 9.84 Å². The van der Waals surface area contributed by atoms with Crippen molar-refractivity contribution in [2.24, 2.45) is 0 Å². The Kier molecular flexibility index (Phi) is 5.58. The third-order valence-corrected chi connectivity index (χ3v) is 4.98. The molecule has 0 atom stereocenters. The summed E-state index contributed by atoms with van der Waals surface area (Å²) in [4.78, 5) is 10.9. The fourth-order valence-electron chi connectivity index (χ4n) is 2.08. The van der Waals surface area contributed by atoms with Gasteiger partial charge in [-0.25, -0.2) is 17.2 Å². The van der Waals surface area contributed by atoms with E-state index < -0.39 is 34.2 Å². The molecule has 9 heteroatoms. The summed E-state index contributed by atoms with van der Waals surface area (Å²) < 4.78 is 57.7. The standard InChI is InChI=1S/C16H15F2NO5S/c1-2-24-12-4-6-13(7-5-12)25(22,23)19(10-16(20)21)11-3-8-14(17)15(18)9-11/h3-9H,2,10H2,1H3,(H,20,21). The predicted molar refractivity (Wildman–Crippen MR) is 86.1 cm³/mol. The molecule has 0 spiro atoms. The number of carbonyl (C=O) groups is 1. The molecule has 1 N–H and O–H groups in total. The SMILES string of the molecule is CCOc1ccc(S(=O)(=O)N(CC(=O)O)c2ccc(F)c(F)c2)cc1. The predicted octanol–water partition coefficient (Wildman–Crippen LogP) is 2.64. The second-order valence-electron chi connectivity index (χ2n) is 4.91. The lowest BCUT2D eigenvalue weighted by Crippen LogP contribution is -2.35. The minimum atomic E-state index is -4.30. The van der Waals surface area contributed by atoms with E-state index in [9.17, 15) is 22.0 Å². The van der Waals surface area contributed by atoms with Crippen LogP contribution in [0.1, 0.15) is 6.92 Å². The summed E-state index contributed by atoms with van der Waals surface area (Å²) in [6.45, 7) is 1.22. The van der Waals surface area contributed by atoms with Crippen LogP contribution in [-0.4, -0.2) is 32.6 Å². The van der Waals surface area contributed by atoms with Gasteiger partial charge in [-0.2, -0.15) is 0 Å². The number of carboxylic acid groups (broad SMARTS) is 1. The van der Waals surface area contributed by atoms with E-state index >= 15 is 0 Å². The van der Waals surface area contributed by atoms with Crippen LogP contribution in [0.4, 0.5) is 14.5 Å². The normalized spacial score (nSPS) is 11.2. The zero-order valence-electron chi connectivity index (χ0n) is 13.1. The van der Waals surface area contributed by atoms with Gasteiger partial charge in [0, 0.05) is 6.07 Å². The molecule has 2 aromatic rings. The molecular weight excluding hydrogens is 356 g/mol. The number of benzene rings is 2. The van der Waals surface area contributed by atoms with Gasteiger partial charge >= 0.3 is 5.97 Å². The van der Waals surface area contributed by atoms with Crippen molar-refractivity contribution < 1.29 is 31.8 Å². The highest BCUT2D eigenvalue weighted by molar-refractivity contribution is 7.92. The molecule has 2 aromatic carbocycles. The van der Waals surface area contributed by atoms with Gasteiger partial charge in [0.1, 0.15) is 12.3 Å². The monoisotopic (exact) mass is 371 g/mol. The molecule has 25 heavy (non-hydrogen) atoms. The van der Waals surface area contributed by atoms with Gasteiger partial charge in [-0.3, -0.25) is 9.10 Å². The molecule has 0 aliphatic heterocycles. The van der Waals surface area contributed by atoms with Crippen molar-refractivity contribution in [3.05, 3.63) is 54.1 Å². The minimum absolute atomic E-state index is 0.207. The Morgan fingerprint density at radius 3 is 2.28 bits per heavy atom. The van der Waals surface area contributed by atoms with Crippen LogP contribution in [0, 0.1) is 11.6 Å². The first-order valence-electron chi connectivity index (χ1n) is 7.18. The van der Waals surface area contributed by atoms with E-state index in [-0.39, 0.29) is 10.6 Å². The number of carboxylic acids is 1. The zero-order chi connectivity index (χ0) is 18.6. The lowest BCUT2D eigenvalue weighted by Gasteiger charge is -2.23. The number of aliphatic carboxylic acids is 1. The van der Waals surface area contributed by atoms with Crippen molar-refractivity contribution in [2.45, 2.75) is 11.8 Å². The molecule has 0 aromatic heterocycles. The van der Waals surface area contributed by atoms with E-state index in [1.165, 1.54) is 24.3 Å². The molecule has 0 aliphatic carbocycles. The second-order valence-corrected chi connectivity index (χ2v) is 6.77. The van der Waals surface area contributed by atoms with Crippen LogP contribution in [0.2, 0.25) is 0 Å². The van der Waals surface area contributed by atoms with Crippen molar-refractivity contribution in [3.8, 4) is 5.75 Å². The molecule has 134 valence electrons. The van der Waals surface area contributed by atoms with E-state index in [1.807, 2.05) is 0 Å². The molecule has 0 amide bonds. The quantitative estimate of drug-likeness (QED) is 0.809. The van der Waals surface area contributed by atoms with Crippen molar-refractivity contribution >= 4 is 21.7 Å². The van der Waals surface area contributed by atoms with Gasteiger partial charge in [-0.05, 0) is 43.3 Å². The Hall–Kier alpha value is -2.68. The van der Waals surface area contributed by atoms with Gasteiger partial charge in [-0.15, -0.1) is 0 Å².